The summed E-state index contributed by atoms with van der Waals surface area (Å²) < 4.78 is 0. The van der Waals surface area contributed by atoms with Gasteiger partial charge in [0, 0.05) is 30.1 Å². The number of aromatic nitrogens is 2. The van der Waals surface area contributed by atoms with Crippen molar-refractivity contribution in [2.45, 2.75) is 18.9 Å². The molecule has 74 valence electrons. The summed E-state index contributed by atoms with van der Waals surface area (Å²) in [6.07, 6.45) is 2.84. The van der Waals surface area contributed by atoms with Gasteiger partial charge in [0.05, 0.1) is 6.20 Å². The summed E-state index contributed by atoms with van der Waals surface area (Å²) >= 11 is 0. The molecule has 2 aliphatic rings. The van der Waals surface area contributed by atoms with Crippen molar-refractivity contribution in [2.24, 2.45) is 5.92 Å². The Balaban J connectivity index is 1.89. The highest BCUT2D eigenvalue weighted by Crippen LogP contribution is 2.36. The molecule has 1 atom stereocenters. The van der Waals surface area contributed by atoms with E-state index in [0.717, 1.165) is 31.2 Å². The Bertz CT molecular complexity index is 334. The van der Waals surface area contributed by atoms with Gasteiger partial charge in [-0.3, -0.25) is 0 Å². The van der Waals surface area contributed by atoms with Gasteiger partial charge in [-0.2, -0.15) is 5.10 Å². The molecule has 4 heteroatoms. The third-order valence-corrected chi connectivity index (χ3v) is 3.45. The van der Waals surface area contributed by atoms with E-state index in [4.69, 9.17) is 0 Å². The molecule has 2 aliphatic heterocycles. The van der Waals surface area contributed by atoms with Gasteiger partial charge in [-0.1, -0.05) is 0 Å². The molecule has 3 rings (SSSR count). The van der Waals surface area contributed by atoms with Crippen LogP contribution in [0, 0.1) is 5.92 Å². The average molecular weight is 190 g/mol. The molecule has 2 N–H and O–H groups in total. The Morgan fingerprint density at radius 2 is 2.36 bits per heavy atom. The Morgan fingerprint density at radius 1 is 1.50 bits per heavy atom. The molecule has 1 unspecified atom stereocenters. The molecule has 14 heavy (non-hydrogen) atoms. The zero-order valence-corrected chi connectivity index (χ0v) is 8.25. The topological polar surface area (TPSA) is 49.8 Å². The van der Waals surface area contributed by atoms with Crippen LogP contribution < -0.4 is 10.6 Å². The van der Waals surface area contributed by atoms with Crippen LogP contribution in [0.1, 0.15) is 12.5 Å². The summed E-state index contributed by atoms with van der Waals surface area (Å²) in [6, 6.07) is 2.06. The van der Waals surface area contributed by atoms with Crippen molar-refractivity contribution >= 4 is 5.82 Å². The van der Waals surface area contributed by atoms with Crippen LogP contribution in [0.15, 0.2) is 12.3 Å². The predicted octanol–water partition coefficient (Wildman–Crippen LogP) is 0.423. The van der Waals surface area contributed by atoms with E-state index < -0.39 is 0 Å². The lowest BCUT2D eigenvalue weighted by atomic mass is 9.79. The molecule has 0 amide bonds. The summed E-state index contributed by atoms with van der Waals surface area (Å²) in [5, 5.41) is 14.8. The number of anilines is 1. The highest BCUT2D eigenvalue weighted by atomic mass is 15.2. The van der Waals surface area contributed by atoms with Crippen LogP contribution in [0.4, 0.5) is 5.82 Å². The van der Waals surface area contributed by atoms with E-state index in [1.54, 1.807) is 6.20 Å². The molecule has 0 radical (unpaired) electrons. The molecular weight excluding hydrogens is 176 g/mol. The maximum atomic E-state index is 4.11. The van der Waals surface area contributed by atoms with Crippen LogP contribution in [0.25, 0.3) is 0 Å². The summed E-state index contributed by atoms with van der Waals surface area (Å²) in [5.74, 6) is 1.69. The van der Waals surface area contributed by atoms with Gasteiger partial charge in [0.25, 0.3) is 0 Å². The molecular formula is C10H14N4. The highest BCUT2D eigenvalue weighted by molar-refractivity contribution is 5.52. The van der Waals surface area contributed by atoms with E-state index in [1.165, 1.54) is 5.56 Å². The standard InChI is InChI=1S/C10H14N4/c1-10(8-5-11-6-8)4-7-2-3-12-14-9(7)13-10/h2-3,8,11H,4-6H2,1H3,(H,13,14). The second-order valence-corrected chi connectivity index (χ2v) is 4.48. The third kappa shape index (κ3) is 1.04. The Hall–Kier alpha value is -1.16. The van der Waals surface area contributed by atoms with Crippen molar-refractivity contribution in [3.05, 3.63) is 17.8 Å². The van der Waals surface area contributed by atoms with Crippen molar-refractivity contribution < 1.29 is 0 Å². The molecule has 1 aromatic heterocycles. The predicted molar refractivity (Wildman–Crippen MR) is 54.1 cm³/mol. The minimum absolute atomic E-state index is 0.184. The van der Waals surface area contributed by atoms with Crippen molar-refractivity contribution in [3.8, 4) is 0 Å². The minimum Gasteiger partial charge on any atom is -0.362 e. The first-order valence-corrected chi connectivity index (χ1v) is 5.07. The molecule has 0 saturated carbocycles. The smallest absolute Gasteiger partial charge is 0.152 e. The van der Waals surface area contributed by atoms with Crippen LogP contribution >= 0.6 is 0 Å². The van der Waals surface area contributed by atoms with Gasteiger partial charge in [0.1, 0.15) is 0 Å². The first-order chi connectivity index (χ1) is 6.78. The quantitative estimate of drug-likeness (QED) is 0.674. The van der Waals surface area contributed by atoms with Crippen molar-refractivity contribution in [1.29, 1.82) is 0 Å². The van der Waals surface area contributed by atoms with Gasteiger partial charge in [-0.25, -0.2) is 0 Å². The lowest BCUT2D eigenvalue weighted by Gasteiger charge is -2.41. The lowest BCUT2D eigenvalue weighted by molar-refractivity contribution is 0.233. The Kier molecular flexibility index (Phi) is 1.56. The van der Waals surface area contributed by atoms with E-state index >= 15 is 0 Å². The summed E-state index contributed by atoms with van der Waals surface area (Å²) in [7, 11) is 0. The fourth-order valence-corrected chi connectivity index (χ4v) is 2.30. The number of hydrogen-bond donors (Lipinski definition) is 2. The van der Waals surface area contributed by atoms with Crippen LogP contribution in [0.2, 0.25) is 0 Å². The van der Waals surface area contributed by atoms with Crippen LogP contribution in [-0.4, -0.2) is 28.8 Å². The normalized spacial score (nSPS) is 30.6. The van der Waals surface area contributed by atoms with Crippen molar-refractivity contribution in [2.75, 3.05) is 18.4 Å². The molecule has 3 heterocycles. The monoisotopic (exact) mass is 190 g/mol. The maximum absolute atomic E-state index is 4.11. The number of hydrogen-bond acceptors (Lipinski definition) is 4. The lowest BCUT2D eigenvalue weighted by Crippen LogP contribution is -2.57. The number of nitrogens with zero attached hydrogens (tertiary/aromatic N) is 2. The van der Waals surface area contributed by atoms with Crippen molar-refractivity contribution in [3.63, 3.8) is 0 Å². The second-order valence-electron chi connectivity index (χ2n) is 4.48. The van der Waals surface area contributed by atoms with Gasteiger partial charge in [0.15, 0.2) is 5.82 Å². The number of nitrogens with one attached hydrogen (secondary N) is 2. The van der Waals surface area contributed by atoms with Gasteiger partial charge in [-0.15, -0.1) is 5.10 Å². The van der Waals surface area contributed by atoms with Gasteiger partial charge >= 0.3 is 0 Å². The fourth-order valence-electron chi connectivity index (χ4n) is 2.30. The van der Waals surface area contributed by atoms with E-state index in [-0.39, 0.29) is 5.54 Å². The van der Waals surface area contributed by atoms with Crippen LogP contribution in [-0.2, 0) is 6.42 Å². The van der Waals surface area contributed by atoms with Gasteiger partial charge in [0.2, 0.25) is 0 Å². The molecule has 4 nitrogen and oxygen atoms in total. The van der Waals surface area contributed by atoms with Gasteiger partial charge in [-0.05, 0) is 19.4 Å². The van der Waals surface area contributed by atoms with E-state index in [9.17, 15) is 0 Å². The zero-order chi connectivity index (χ0) is 9.60. The molecule has 0 aliphatic carbocycles. The zero-order valence-electron chi connectivity index (χ0n) is 8.25. The molecule has 1 aromatic rings. The second kappa shape index (κ2) is 2.67. The summed E-state index contributed by atoms with van der Waals surface area (Å²) in [4.78, 5) is 0. The van der Waals surface area contributed by atoms with Crippen LogP contribution in [0.5, 0.6) is 0 Å². The van der Waals surface area contributed by atoms with E-state index in [2.05, 4.69) is 33.8 Å². The summed E-state index contributed by atoms with van der Waals surface area (Å²) in [6.45, 7) is 4.51. The maximum Gasteiger partial charge on any atom is 0.152 e. The average Bonchev–Trinajstić information content (AvgIpc) is 2.36. The first kappa shape index (κ1) is 8.17. The first-order valence-electron chi connectivity index (χ1n) is 5.07. The highest BCUT2D eigenvalue weighted by Gasteiger charge is 2.42. The number of rotatable bonds is 1. The fraction of sp³-hybridized carbons (Fsp3) is 0.600. The van der Waals surface area contributed by atoms with Crippen molar-refractivity contribution in [1.82, 2.24) is 15.5 Å². The number of fused-ring (bicyclic) bond motifs is 1. The molecule has 0 spiro atoms. The molecule has 1 saturated heterocycles. The van der Waals surface area contributed by atoms with Gasteiger partial charge < -0.3 is 10.6 Å². The van der Waals surface area contributed by atoms with E-state index in [0.29, 0.717) is 0 Å². The molecule has 0 bridgehead atoms. The summed E-state index contributed by atoms with van der Waals surface area (Å²) in [5.41, 5.74) is 1.48. The Labute approximate surface area is 83.1 Å². The molecule has 1 fully saturated rings. The molecule has 0 aromatic carbocycles. The minimum atomic E-state index is 0.184. The Morgan fingerprint density at radius 3 is 3.00 bits per heavy atom. The SMILES string of the molecule is CC1(C2CNC2)Cc2ccnnc2N1. The van der Waals surface area contributed by atoms with Crippen LogP contribution in [0.3, 0.4) is 0 Å². The van der Waals surface area contributed by atoms with E-state index in [1.807, 2.05) is 0 Å². The third-order valence-electron chi connectivity index (χ3n) is 3.45. The largest absolute Gasteiger partial charge is 0.362 e.